The molecule has 0 fully saturated rings. The zero-order valence-corrected chi connectivity index (χ0v) is 10.3. The van der Waals surface area contributed by atoms with Crippen LogP contribution < -0.4 is 4.74 Å². The molecular weight excluding hydrogens is 244 g/mol. The van der Waals surface area contributed by atoms with Gasteiger partial charge in [-0.25, -0.2) is 0 Å². The van der Waals surface area contributed by atoms with Gasteiger partial charge in [0.1, 0.15) is 12.4 Å². The van der Waals surface area contributed by atoms with Gasteiger partial charge in [-0.2, -0.15) is 0 Å². The number of esters is 1. The number of hydrogen-bond acceptors (Lipinski definition) is 4. The number of carbonyl (C=O) groups excluding carboxylic acids is 1. The van der Waals surface area contributed by atoms with E-state index in [0.717, 1.165) is 0 Å². The van der Waals surface area contributed by atoms with Crippen molar-refractivity contribution in [3.8, 4) is 5.75 Å². The summed E-state index contributed by atoms with van der Waals surface area (Å²) >= 11 is 5.80. The van der Waals surface area contributed by atoms with Crippen LogP contribution in [0.15, 0.2) is 24.3 Å². The lowest BCUT2D eigenvalue weighted by atomic mass is 10.1. The van der Waals surface area contributed by atoms with E-state index >= 15 is 0 Å². The molecule has 0 radical (unpaired) electrons. The highest BCUT2D eigenvalue weighted by molar-refractivity contribution is 6.30. The molecule has 0 bridgehead atoms. The first kappa shape index (κ1) is 13.8. The quantitative estimate of drug-likeness (QED) is 0.792. The minimum atomic E-state index is -0.469. The van der Waals surface area contributed by atoms with Crippen LogP contribution in [0.4, 0.5) is 0 Å². The molecule has 0 aliphatic rings. The van der Waals surface area contributed by atoms with Gasteiger partial charge in [0, 0.05) is 11.6 Å². The highest BCUT2D eigenvalue weighted by atomic mass is 35.5. The third-order valence-electron chi connectivity index (χ3n) is 2.26. The standard InChI is InChI=1S/C12H15ClO4/c1-16-12(15)9(5-6-14)8-17-11-4-2-3-10(13)7-11/h2-4,7,9,14H,5-6,8H2,1H3. The van der Waals surface area contributed by atoms with Gasteiger partial charge < -0.3 is 14.6 Å². The second kappa shape index (κ2) is 7.14. The van der Waals surface area contributed by atoms with Gasteiger partial charge >= 0.3 is 5.97 Å². The molecule has 0 spiro atoms. The number of halogens is 1. The Bertz CT molecular complexity index is 367. The smallest absolute Gasteiger partial charge is 0.312 e. The summed E-state index contributed by atoms with van der Waals surface area (Å²) in [6.07, 6.45) is 0.313. The molecule has 1 rings (SSSR count). The lowest BCUT2D eigenvalue weighted by Crippen LogP contribution is -2.24. The van der Waals surface area contributed by atoms with Gasteiger partial charge in [0.05, 0.1) is 13.0 Å². The molecular formula is C12H15ClO4. The SMILES string of the molecule is COC(=O)C(CCO)COc1cccc(Cl)c1. The summed E-state index contributed by atoms with van der Waals surface area (Å²) < 4.78 is 10.0. The van der Waals surface area contributed by atoms with Crippen molar-refractivity contribution in [3.63, 3.8) is 0 Å². The Morgan fingerprint density at radius 1 is 1.53 bits per heavy atom. The number of carbonyl (C=O) groups is 1. The Morgan fingerprint density at radius 2 is 2.29 bits per heavy atom. The fraction of sp³-hybridized carbons (Fsp3) is 0.417. The van der Waals surface area contributed by atoms with E-state index in [-0.39, 0.29) is 19.2 Å². The monoisotopic (exact) mass is 258 g/mol. The van der Waals surface area contributed by atoms with E-state index in [1.165, 1.54) is 7.11 Å². The number of ether oxygens (including phenoxy) is 2. The van der Waals surface area contributed by atoms with Crippen molar-refractivity contribution in [2.45, 2.75) is 6.42 Å². The molecule has 5 heteroatoms. The van der Waals surface area contributed by atoms with Crippen LogP contribution in [-0.4, -0.2) is 31.4 Å². The van der Waals surface area contributed by atoms with Crippen LogP contribution in [0.5, 0.6) is 5.75 Å². The van der Waals surface area contributed by atoms with Crippen LogP contribution in [0.3, 0.4) is 0 Å². The highest BCUT2D eigenvalue weighted by Crippen LogP contribution is 2.18. The highest BCUT2D eigenvalue weighted by Gasteiger charge is 2.19. The molecule has 1 aromatic carbocycles. The first-order valence-electron chi connectivity index (χ1n) is 5.24. The van der Waals surface area contributed by atoms with Crippen molar-refractivity contribution >= 4 is 17.6 Å². The summed E-state index contributed by atoms with van der Waals surface area (Å²) in [4.78, 5) is 11.4. The van der Waals surface area contributed by atoms with E-state index in [4.69, 9.17) is 21.4 Å². The Balaban J connectivity index is 2.54. The number of methoxy groups -OCH3 is 1. The number of aliphatic hydroxyl groups is 1. The number of aliphatic hydroxyl groups excluding tert-OH is 1. The molecule has 1 atom stereocenters. The fourth-order valence-corrected chi connectivity index (χ4v) is 1.53. The number of rotatable bonds is 6. The fourth-order valence-electron chi connectivity index (χ4n) is 1.35. The molecule has 1 N–H and O–H groups in total. The lowest BCUT2D eigenvalue weighted by Gasteiger charge is -2.14. The molecule has 0 aliphatic heterocycles. The van der Waals surface area contributed by atoms with Crippen LogP contribution in [0, 0.1) is 5.92 Å². The average molecular weight is 259 g/mol. The number of benzene rings is 1. The van der Waals surface area contributed by atoms with Crippen LogP contribution in [0.2, 0.25) is 5.02 Å². The van der Waals surface area contributed by atoms with Gasteiger partial charge in [0.2, 0.25) is 0 Å². The third kappa shape index (κ3) is 4.63. The minimum Gasteiger partial charge on any atom is -0.493 e. The van der Waals surface area contributed by atoms with E-state index in [1.807, 2.05) is 0 Å². The van der Waals surface area contributed by atoms with E-state index < -0.39 is 5.92 Å². The Morgan fingerprint density at radius 3 is 2.88 bits per heavy atom. The molecule has 0 amide bonds. The van der Waals surface area contributed by atoms with Crippen LogP contribution in [-0.2, 0) is 9.53 Å². The maximum atomic E-state index is 11.4. The van der Waals surface area contributed by atoms with E-state index in [0.29, 0.717) is 17.2 Å². The third-order valence-corrected chi connectivity index (χ3v) is 2.49. The van der Waals surface area contributed by atoms with Crippen LogP contribution in [0.25, 0.3) is 0 Å². The molecule has 0 heterocycles. The topological polar surface area (TPSA) is 55.8 Å². The molecule has 94 valence electrons. The predicted molar refractivity (Wildman–Crippen MR) is 64.2 cm³/mol. The van der Waals surface area contributed by atoms with Crippen LogP contribution in [0.1, 0.15) is 6.42 Å². The second-order valence-corrected chi connectivity index (χ2v) is 3.94. The van der Waals surface area contributed by atoms with Crippen molar-refractivity contribution in [1.82, 2.24) is 0 Å². The Labute approximate surface area is 105 Å². The Hall–Kier alpha value is -1.26. The maximum Gasteiger partial charge on any atom is 0.312 e. The Kier molecular flexibility index (Phi) is 5.80. The average Bonchev–Trinajstić information content (AvgIpc) is 2.33. The summed E-state index contributed by atoms with van der Waals surface area (Å²) in [7, 11) is 1.31. The first-order valence-corrected chi connectivity index (χ1v) is 5.62. The van der Waals surface area contributed by atoms with Crippen molar-refractivity contribution in [2.24, 2.45) is 5.92 Å². The van der Waals surface area contributed by atoms with Gasteiger partial charge in [-0.05, 0) is 24.6 Å². The van der Waals surface area contributed by atoms with E-state index in [2.05, 4.69) is 4.74 Å². The second-order valence-electron chi connectivity index (χ2n) is 3.50. The molecule has 0 aliphatic carbocycles. The van der Waals surface area contributed by atoms with Gasteiger partial charge in [0.25, 0.3) is 0 Å². The van der Waals surface area contributed by atoms with Crippen LogP contribution >= 0.6 is 11.6 Å². The van der Waals surface area contributed by atoms with Gasteiger partial charge in [-0.15, -0.1) is 0 Å². The zero-order valence-electron chi connectivity index (χ0n) is 9.56. The summed E-state index contributed by atoms with van der Waals surface area (Å²) in [5, 5.41) is 9.41. The zero-order chi connectivity index (χ0) is 12.7. The molecule has 1 aromatic rings. The molecule has 0 aromatic heterocycles. The lowest BCUT2D eigenvalue weighted by molar-refractivity contribution is -0.147. The molecule has 17 heavy (non-hydrogen) atoms. The normalized spacial score (nSPS) is 11.9. The molecule has 0 saturated heterocycles. The molecule has 0 saturated carbocycles. The summed E-state index contributed by atoms with van der Waals surface area (Å²) in [5.41, 5.74) is 0. The summed E-state index contributed by atoms with van der Waals surface area (Å²) in [6.45, 7) is 0.0756. The van der Waals surface area contributed by atoms with Crippen molar-refractivity contribution < 1.29 is 19.4 Å². The largest absolute Gasteiger partial charge is 0.493 e. The molecule has 4 nitrogen and oxygen atoms in total. The molecule has 1 unspecified atom stereocenters. The maximum absolute atomic E-state index is 11.4. The summed E-state index contributed by atoms with van der Waals surface area (Å²) in [5.74, 6) is -0.269. The van der Waals surface area contributed by atoms with E-state index in [1.54, 1.807) is 24.3 Å². The van der Waals surface area contributed by atoms with Gasteiger partial charge in [-0.3, -0.25) is 4.79 Å². The predicted octanol–water partition coefficient (Wildman–Crippen LogP) is 1.89. The van der Waals surface area contributed by atoms with Gasteiger partial charge in [0.15, 0.2) is 0 Å². The first-order chi connectivity index (χ1) is 8.17. The van der Waals surface area contributed by atoms with Gasteiger partial charge in [-0.1, -0.05) is 17.7 Å². The minimum absolute atomic E-state index is 0.0847. The van der Waals surface area contributed by atoms with Crippen molar-refractivity contribution in [2.75, 3.05) is 20.3 Å². The summed E-state index contributed by atoms with van der Waals surface area (Å²) in [6, 6.07) is 6.91. The van der Waals surface area contributed by atoms with Crippen molar-refractivity contribution in [1.29, 1.82) is 0 Å². The number of hydrogen-bond donors (Lipinski definition) is 1. The van der Waals surface area contributed by atoms with Crippen molar-refractivity contribution in [3.05, 3.63) is 29.3 Å². The van der Waals surface area contributed by atoms with E-state index in [9.17, 15) is 4.79 Å².